The summed E-state index contributed by atoms with van der Waals surface area (Å²) in [6, 6.07) is 0.888. The summed E-state index contributed by atoms with van der Waals surface area (Å²) in [5, 5.41) is 3.17. The van der Waals surface area contributed by atoms with Crippen molar-refractivity contribution >= 4 is 6.03 Å². The largest absolute Gasteiger partial charge is 0.379 e. The maximum Gasteiger partial charge on any atom is 0.317 e. The van der Waals surface area contributed by atoms with Crippen molar-refractivity contribution in [2.75, 3.05) is 39.4 Å². The van der Waals surface area contributed by atoms with E-state index in [1.165, 1.54) is 6.42 Å². The molecule has 0 bridgehead atoms. The first-order valence-electron chi connectivity index (χ1n) is 8.46. The minimum atomic E-state index is 0.112. The average molecular weight is 297 g/mol. The van der Waals surface area contributed by atoms with Crippen molar-refractivity contribution in [3.8, 4) is 0 Å². The van der Waals surface area contributed by atoms with Gasteiger partial charge in [0.1, 0.15) is 0 Å². The summed E-state index contributed by atoms with van der Waals surface area (Å²) in [6.07, 6.45) is 3.51. The number of hydrogen-bond acceptors (Lipinski definition) is 3. The van der Waals surface area contributed by atoms with Crippen LogP contribution in [-0.2, 0) is 4.74 Å². The molecule has 21 heavy (non-hydrogen) atoms. The van der Waals surface area contributed by atoms with Gasteiger partial charge in [-0.05, 0) is 32.1 Å². The molecule has 0 spiro atoms. The number of rotatable bonds is 4. The molecule has 2 aliphatic heterocycles. The number of hydrogen-bond donors (Lipinski definition) is 1. The molecule has 2 atom stereocenters. The summed E-state index contributed by atoms with van der Waals surface area (Å²) in [5.74, 6) is 0.530. The highest BCUT2D eigenvalue weighted by Gasteiger charge is 2.27. The van der Waals surface area contributed by atoms with E-state index in [0.29, 0.717) is 18.0 Å². The fourth-order valence-electron chi connectivity index (χ4n) is 3.39. The molecule has 0 aromatic heterocycles. The molecule has 2 fully saturated rings. The Hall–Kier alpha value is -0.810. The van der Waals surface area contributed by atoms with Crippen LogP contribution in [0.15, 0.2) is 0 Å². The molecule has 2 amide bonds. The van der Waals surface area contributed by atoms with Crippen molar-refractivity contribution in [2.24, 2.45) is 5.92 Å². The Labute approximate surface area is 129 Å². The van der Waals surface area contributed by atoms with Crippen molar-refractivity contribution in [1.29, 1.82) is 0 Å². The molecule has 122 valence electrons. The van der Waals surface area contributed by atoms with Crippen LogP contribution >= 0.6 is 0 Å². The molecule has 5 heteroatoms. The van der Waals surface area contributed by atoms with Gasteiger partial charge in [-0.15, -0.1) is 0 Å². The molecule has 0 saturated carbocycles. The molecular weight excluding hydrogens is 266 g/mol. The highest BCUT2D eigenvalue weighted by molar-refractivity contribution is 5.74. The third-order valence-electron chi connectivity index (χ3n) is 4.81. The lowest BCUT2D eigenvalue weighted by Crippen LogP contribution is -2.54. The number of nitrogens with one attached hydrogen (secondary N) is 1. The van der Waals surface area contributed by atoms with Crippen molar-refractivity contribution in [3.63, 3.8) is 0 Å². The van der Waals surface area contributed by atoms with Crippen LogP contribution in [0.5, 0.6) is 0 Å². The van der Waals surface area contributed by atoms with E-state index < -0.39 is 0 Å². The molecule has 0 radical (unpaired) electrons. The first-order valence-corrected chi connectivity index (χ1v) is 8.46. The molecule has 1 N–H and O–H groups in total. The molecule has 5 nitrogen and oxygen atoms in total. The number of morpholine rings is 1. The number of likely N-dealkylation sites (tertiary alicyclic amines) is 1. The number of amides is 2. The van der Waals surface area contributed by atoms with Gasteiger partial charge in [-0.2, -0.15) is 0 Å². The maximum atomic E-state index is 12.4. The molecule has 2 unspecified atom stereocenters. The Morgan fingerprint density at radius 3 is 2.57 bits per heavy atom. The second kappa shape index (κ2) is 7.99. The summed E-state index contributed by atoms with van der Waals surface area (Å²) < 4.78 is 5.43. The Morgan fingerprint density at radius 1 is 1.24 bits per heavy atom. The van der Waals surface area contributed by atoms with E-state index in [4.69, 9.17) is 4.74 Å². The zero-order valence-corrected chi connectivity index (χ0v) is 13.8. The van der Waals surface area contributed by atoms with Gasteiger partial charge in [-0.3, -0.25) is 4.90 Å². The van der Waals surface area contributed by atoms with Crippen molar-refractivity contribution in [1.82, 2.24) is 15.1 Å². The molecule has 0 aromatic rings. The van der Waals surface area contributed by atoms with Gasteiger partial charge in [0.15, 0.2) is 0 Å². The van der Waals surface area contributed by atoms with Crippen LogP contribution in [0.1, 0.15) is 40.0 Å². The number of nitrogens with zero attached hydrogens (tertiary/aromatic N) is 2. The Bertz CT molecular complexity index is 329. The fourth-order valence-corrected chi connectivity index (χ4v) is 3.39. The number of urea groups is 1. The first kappa shape index (κ1) is 16.6. The summed E-state index contributed by atoms with van der Waals surface area (Å²) in [7, 11) is 0. The van der Waals surface area contributed by atoms with E-state index in [1.54, 1.807) is 0 Å². The lowest BCUT2D eigenvalue weighted by molar-refractivity contribution is 0.00679. The molecule has 2 rings (SSSR count). The fraction of sp³-hybridized carbons (Fsp3) is 0.938. The Morgan fingerprint density at radius 2 is 1.95 bits per heavy atom. The average Bonchev–Trinajstić information content (AvgIpc) is 2.48. The van der Waals surface area contributed by atoms with Gasteiger partial charge in [-0.25, -0.2) is 4.79 Å². The molecule has 2 heterocycles. The van der Waals surface area contributed by atoms with E-state index in [1.807, 2.05) is 4.90 Å². The molecule has 0 aromatic carbocycles. The summed E-state index contributed by atoms with van der Waals surface area (Å²) in [6.45, 7) is 11.8. The molecule has 2 aliphatic rings. The molecular formula is C16H31N3O2. The second-order valence-electron chi connectivity index (χ2n) is 6.68. The third-order valence-corrected chi connectivity index (χ3v) is 4.81. The molecule has 2 saturated heterocycles. The van der Waals surface area contributed by atoms with Crippen LogP contribution < -0.4 is 5.32 Å². The maximum absolute atomic E-state index is 12.4. The number of ether oxygens (including phenoxy) is 1. The second-order valence-corrected chi connectivity index (χ2v) is 6.68. The van der Waals surface area contributed by atoms with Crippen LogP contribution in [-0.4, -0.2) is 67.3 Å². The van der Waals surface area contributed by atoms with Crippen molar-refractivity contribution in [2.45, 2.75) is 52.1 Å². The van der Waals surface area contributed by atoms with E-state index in [-0.39, 0.29) is 6.03 Å². The Balaban J connectivity index is 1.84. The zero-order chi connectivity index (χ0) is 15.2. The van der Waals surface area contributed by atoms with Gasteiger partial charge < -0.3 is 15.0 Å². The summed E-state index contributed by atoms with van der Waals surface area (Å²) in [4.78, 5) is 16.8. The van der Waals surface area contributed by atoms with Gasteiger partial charge in [-0.1, -0.05) is 13.8 Å². The highest BCUT2D eigenvalue weighted by Crippen LogP contribution is 2.17. The van der Waals surface area contributed by atoms with Crippen LogP contribution in [0.4, 0.5) is 4.79 Å². The zero-order valence-electron chi connectivity index (χ0n) is 13.8. The van der Waals surface area contributed by atoms with Crippen LogP contribution in [0.3, 0.4) is 0 Å². The number of carbonyl (C=O) groups is 1. The van der Waals surface area contributed by atoms with Crippen LogP contribution in [0.2, 0.25) is 0 Å². The first-order chi connectivity index (χ1) is 10.1. The predicted molar refractivity (Wildman–Crippen MR) is 84.4 cm³/mol. The summed E-state index contributed by atoms with van der Waals surface area (Å²) in [5.41, 5.74) is 0. The lowest BCUT2D eigenvalue weighted by atomic mass is 10.0. The molecule has 0 aliphatic carbocycles. The minimum Gasteiger partial charge on any atom is -0.379 e. The monoisotopic (exact) mass is 297 g/mol. The highest BCUT2D eigenvalue weighted by atomic mass is 16.5. The Kier molecular flexibility index (Phi) is 6.30. The van der Waals surface area contributed by atoms with Crippen LogP contribution in [0, 0.1) is 5.92 Å². The normalized spacial score (nSPS) is 25.9. The SMILES string of the molecule is CC(C)C(CNC(=O)N1CCCCC1C)N1CCOCC1. The third kappa shape index (κ3) is 4.58. The summed E-state index contributed by atoms with van der Waals surface area (Å²) >= 11 is 0. The number of carbonyl (C=O) groups excluding carboxylic acids is 1. The van der Waals surface area contributed by atoms with Gasteiger partial charge in [0.05, 0.1) is 13.2 Å². The quantitative estimate of drug-likeness (QED) is 0.862. The smallest absolute Gasteiger partial charge is 0.317 e. The van der Waals surface area contributed by atoms with Gasteiger partial charge in [0.2, 0.25) is 0 Å². The van der Waals surface area contributed by atoms with Crippen LogP contribution in [0.25, 0.3) is 0 Å². The van der Waals surface area contributed by atoms with Crippen molar-refractivity contribution < 1.29 is 9.53 Å². The minimum absolute atomic E-state index is 0.112. The standard InChI is InChI=1S/C16H31N3O2/c1-13(2)15(18-8-10-21-11-9-18)12-17-16(20)19-7-5-4-6-14(19)3/h13-15H,4-12H2,1-3H3,(H,17,20). The van der Waals surface area contributed by atoms with E-state index >= 15 is 0 Å². The van der Waals surface area contributed by atoms with E-state index in [0.717, 1.165) is 52.2 Å². The van der Waals surface area contributed by atoms with Gasteiger partial charge >= 0.3 is 6.03 Å². The lowest BCUT2D eigenvalue weighted by Gasteiger charge is -2.38. The number of piperidine rings is 1. The van der Waals surface area contributed by atoms with Gasteiger partial charge in [0.25, 0.3) is 0 Å². The van der Waals surface area contributed by atoms with Gasteiger partial charge in [0, 0.05) is 38.3 Å². The van der Waals surface area contributed by atoms with Crippen molar-refractivity contribution in [3.05, 3.63) is 0 Å². The predicted octanol–water partition coefficient (Wildman–Crippen LogP) is 1.93. The topological polar surface area (TPSA) is 44.8 Å². The van der Waals surface area contributed by atoms with E-state index in [2.05, 4.69) is 31.0 Å². The van der Waals surface area contributed by atoms with E-state index in [9.17, 15) is 4.79 Å².